The molecular weight excluding hydrogens is 384 g/mol. The molecule has 30 heavy (non-hydrogen) atoms. The number of benzene rings is 2. The van der Waals surface area contributed by atoms with Crippen LogP contribution in [0.1, 0.15) is 49.9 Å². The van der Waals surface area contributed by atoms with Crippen LogP contribution in [0.2, 0.25) is 0 Å². The molecule has 8 heteroatoms. The van der Waals surface area contributed by atoms with Crippen LogP contribution in [0, 0.1) is 17.0 Å². The van der Waals surface area contributed by atoms with Gasteiger partial charge in [0.2, 0.25) is 5.95 Å². The van der Waals surface area contributed by atoms with Crippen LogP contribution in [0.15, 0.2) is 54.7 Å². The Morgan fingerprint density at radius 1 is 1.10 bits per heavy atom. The van der Waals surface area contributed by atoms with Gasteiger partial charge in [0.05, 0.1) is 16.2 Å². The van der Waals surface area contributed by atoms with E-state index in [-0.39, 0.29) is 28.9 Å². The second-order valence-corrected chi connectivity index (χ2v) is 7.25. The summed E-state index contributed by atoms with van der Waals surface area (Å²) in [6, 6.07) is 13.3. The first-order valence-electron chi connectivity index (χ1n) is 9.42. The molecule has 1 aromatic heterocycles. The number of nitro benzene ring substituents is 1. The molecule has 8 nitrogen and oxygen atoms in total. The summed E-state index contributed by atoms with van der Waals surface area (Å²) >= 11 is 0. The van der Waals surface area contributed by atoms with Gasteiger partial charge in [-0.1, -0.05) is 29.8 Å². The third kappa shape index (κ3) is 3.93. The number of aryl methyl sites for hydroxylation is 1. The predicted octanol–water partition coefficient (Wildman–Crippen LogP) is 3.86. The zero-order valence-corrected chi connectivity index (χ0v) is 16.2. The molecule has 0 spiro atoms. The fraction of sp³-hybridized carbons (Fsp3) is 0.182. The van der Waals surface area contributed by atoms with Crippen LogP contribution in [0.3, 0.4) is 0 Å². The third-order valence-corrected chi connectivity index (χ3v) is 5.15. The minimum absolute atomic E-state index is 0.0185. The van der Waals surface area contributed by atoms with Crippen LogP contribution in [0.4, 0.5) is 11.6 Å². The maximum atomic E-state index is 12.6. The summed E-state index contributed by atoms with van der Waals surface area (Å²) in [5.74, 6) is -0.384. The van der Waals surface area contributed by atoms with Crippen LogP contribution in [0.5, 0.6) is 0 Å². The lowest BCUT2D eigenvalue weighted by Gasteiger charge is -2.23. The van der Waals surface area contributed by atoms with Crippen LogP contribution in [-0.4, -0.2) is 26.6 Å². The van der Waals surface area contributed by atoms with Gasteiger partial charge in [0.25, 0.3) is 11.6 Å². The van der Waals surface area contributed by atoms with E-state index in [4.69, 9.17) is 0 Å². The lowest BCUT2D eigenvalue weighted by Crippen LogP contribution is -2.22. The van der Waals surface area contributed by atoms with Gasteiger partial charge >= 0.3 is 0 Å². The fourth-order valence-corrected chi connectivity index (χ4v) is 3.49. The number of hydrogen-bond acceptors (Lipinski definition) is 6. The summed E-state index contributed by atoms with van der Waals surface area (Å²) in [7, 11) is 0. The van der Waals surface area contributed by atoms with Crippen molar-refractivity contribution < 1.29 is 14.5 Å². The third-order valence-electron chi connectivity index (χ3n) is 5.15. The number of nitrogens with zero attached hydrogens (tertiary/aromatic N) is 3. The Labute approximate surface area is 172 Å². The summed E-state index contributed by atoms with van der Waals surface area (Å²) in [5.41, 5.74) is 3.46. The number of ketones is 1. The summed E-state index contributed by atoms with van der Waals surface area (Å²) in [6.45, 7) is 2.01. The zero-order valence-electron chi connectivity index (χ0n) is 16.2. The molecule has 1 aliphatic rings. The van der Waals surface area contributed by atoms with E-state index in [0.29, 0.717) is 24.1 Å². The molecule has 0 unspecified atom stereocenters. The second-order valence-electron chi connectivity index (χ2n) is 7.25. The molecule has 0 aliphatic heterocycles. The Morgan fingerprint density at radius 2 is 1.80 bits per heavy atom. The van der Waals surface area contributed by atoms with Crippen molar-refractivity contribution in [1.82, 2.24) is 9.97 Å². The minimum Gasteiger partial charge on any atom is -0.294 e. The lowest BCUT2D eigenvalue weighted by atomic mass is 9.82. The fourth-order valence-electron chi connectivity index (χ4n) is 3.49. The molecule has 4 rings (SSSR count). The number of fused-ring (bicyclic) bond motifs is 1. The zero-order chi connectivity index (χ0) is 21.3. The molecule has 3 aromatic rings. The van der Waals surface area contributed by atoms with Gasteiger partial charge in [-0.25, -0.2) is 9.97 Å². The molecule has 2 aromatic carbocycles. The van der Waals surface area contributed by atoms with Crippen LogP contribution in [-0.2, 0) is 6.42 Å². The Morgan fingerprint density at radius 3 is 2.47 bits per heavy atom. The van der Waals surface area contributed by atoms with Gasteiger partial charge in [-0.3, -0.25) is 25.0 Å². The van der Waals surface area contributed by atoms with E-state index < -0.39 is 10.8 Å². The van der Waals surface area contributed by atoms with Crippen molar-refractivity contribution in [2.45, 2.75) is 25.7 Å². The van der Waals surface area contributed by atoms with Crippen molar-refractivity contribution in [1.29, 1.82) is 0 Å². The van der Waals surface area contributed by atoms with Crippen molar-refractivity contribution in [3.63, 3.8) is 0 Å². The molecule has 0 fully saturated rings. The number of amides is 1. The number of nitrogens with one attached hydrogen (secondary N) is 1. The summed E-state index contributed by atoms with van der Waals surface area (Å²) < 4.78 is 0. The van der Waals surface area contributed by atoms with E-state index in [9.17, 15) is 19.7 Å². The quantitative estimate of drug-likeness (QED) is 0.523. The number of Topliss-reactive ketones (excluding diaryl/α,β-unsaturated/α-hetero) is 1. The number of rotatable bonds is 4. The first kappa shape index (κ1) is 19.4. The van der Waals surface area contributed by atoms with Crippen molar-refractivity contribution in [2.24, 2.45) is 0 Å². The largest absolute Gasteiger partial charge is 0.294 e. The van der Waals surface area contributed by atoms with Crippen LogP contribution >= 0.6 is 0 Å². The molecule has 0 radical (unpaired) electrons. The number of carbonyl (C=O) groups is 2. The van der Waals surface area contributed by atoms with Gasteiger partial charge in [0.15, 0.2) is 5.78 Å². The highest BCUT2D eigenvalue weighted by molar-refractivity contribution is 6.03. The van der Waals surface area contributed by atoms with Gasteiger partial charge in [-0.2, -0.15) is 0 Å². The van der Waals surface area contributed by atoms with Gasteiger partial charge in [0, 0.05) is 30.3 Å². The maximum absolute atomic E-state index is 12.6. The van der Waals surface area contributed by atoms with Crippen molar-refractivity contribution in [3.8, 4) is 0 Å². The number of nitro groups is 1. The summed E-state index contributed by atoms with van der Waals surface area (Å²) in [5, 5.41) is 13.3. The SMILES string of the molecule is Cc1ccc([C@@H]2CC(=O)c3cnc(NC(=O)c4ccc([N+](=O)[O-])cc4)nc3C2)cc1. The van der Waals surface area contributed by atoms with E-state index in [1.54, 1.807) is 0 Å². The highest BCUT2D eigenvalue weighted by Crippen LogP contribution is 2.32. The lowest BCUT2D eigenvalue weighted by molar-refractivity contribution is -0.384. The van der Waals surface area contributed by atoms with Gasteiger partial charge in [-0.05, 0) is 37.0 Å². The number of hydrogen-bond donors (Lipinski definition) is 1. The van der Waals surface area contributed by atoms with Gasteiger partial charge < -0.3 is 0 Å². The smallest absolute Gasteiger partial charge is 0.269 e. The van der Waals surface area contributed by atoms with Crippen molar-refractivity contribution in [3.05, 3.63) is 92.8 Å². The molecule has 0 saturated heterocycles. The van der Waals surface area contributed by atoms with E-state index in [2.05, 4.69) is 15.3 Å². The first-order chi connectivity index (χ1) is 14.4. The van der Waals surface area contributed by atoms with Crippen molar-refractivity contribution >= 4 is 23.3 Å². The predicted molar refractivity (Wildman–Crippen MR) is 110 cm³/mol. The average Bonchev–Trinajstić information content (AvgIpc) is 2.74. The molecule has 1 aliphatic carbocycles. The normalized spacial score (nSPS) is 15.4. The van der Waals surface area contributed by atoms with E-state index >= 15 is 0 Å². The highest BCUT2D eigenvalue weighted by Gasteiger charge is 2.28. The molecule has 1 heterocycles. The molecule has 1 N–H and O–H groups in total. The number of non-ortho nitro benzene ring substituents is 1. The minimum atomic E-state index is -0.532. The molecule has 1 amide bonds. The summed E-state index contributed by atoms with van der Waals surface area (Å²) in [6.07, 6.45) is 2.42. The Hall–Kier alpha value is -3.94. The topological polar surface area (TPSA) is 115 Å². The van der Waals surface area contributed by atoms with Gasteiger partial charge in [-0.15, -0.1) is 0 Å². The van der Waals surface area contributed by atoms with Crippen molar-refractivity contribution in [2.75, 3.05) is 5.32 Å². The van der Waals surface area contributed by atoms with Gasteiger partial charge in [0.1, 0.15) is 0 Å². The average molecular weight is 402 g/mol. The Bertz CT molecular complexity index is 1140. The first-order valence-corrected chi connectivity index (χ1v) is 9.42. The Balaban J connectivity index is 1.54. The standard InChI is InChI=1S/C22H18N4O4/c1-13-2-4-14(5-3-13)16-10-19-18(20(27)11-16)12-23-22(24-19)25-21(28)15-6-8-17(9-7-15)26(29)30/h2-9,12,16H,10-11H2,1H3,(H,23,24,25,28)/t16-/m0/s1. The number of anilines is 1. The molecular formula is C22H18N4O4. The molecule has 150 valence electrons. The van der Waals surface area contributed by atoms with E-state index in [0.717, 1.165) is 11.1 Å². The highest BCUT2D eigenvalue weighted by atomic mass is 16.6. The maximum Gasteiger partial charge on any atom is 0.269 e. The van der Waals surface area contributed by atoms with E-state index in [1.165, 1.54) is 30.5 Å². The number of carbonyl (C=O) groups excluding carboxylic acids is 2. The number of aromatic nitrogens is 2. The van der Waals surface area contributed by atoms with Crippen LogP contribution in [0.25, 0.3) is 0 Å². The second kappa shape index (κ2) is 7.82. The molecule has 0 bridgehead atoms. The monoisotopic (exact) mass is 402 g/mol. The Kier molecular flexibility index (Phi) is 5.05. The van der Waals surface area contributed by atoms with Crippen LogP contribution < -0.4 is 5.32 Å². The van der Waals surface area contributed by atoms with E-state index in [1.807, 2.05) is 31.2 Å². The molecule has 1 atom stereocenters. The summed E-state index contributed by atoms with van der Waals surface area (Å²) in [4.78, 5) is 43.7. The molecule has 0 saturated carbocycles.